The zero-order valence-corrected chi connectivity index (χ0v) is 12.1. The average Bonchev–Trinajstić information content (AvgIpc) is 2.56. The van der Waals surface area contributed by atoms with E-state index in [1.165, 1.54) is 17.7 Å². The molecule has 2 aromatic carbocycles. The highest BCUT2D eigenvalue weighted by Gasteiger charge is 2.16. The van der Waals surface area contributed by atoms with Crippen molar-refractivity contribution in [1.29, 1.82) is 0 Å². The van der Waals surface area contributed by atoms with Crippen LogP contribution in [0.5, 0.6) is 0 Å². The van der Waals surface area contributed by atoms with Gasteiger partial charge in [0.05, 0.1) is 5.56 Å². The van der Waals surface area contributed by atoms with Gasteiger partial charge in [-0.1, -0.05) is 42.5 Å². The Hall–Kier alpha value is -2.52. The number of nitrogens with zero attached hydrogens (tertiary/aromatic N) is 1. The molecule has 0 aliphatic heterocycles. The van der Waals surface area contributed by atoms with Crippen LogP contribution in [0, 0.1) is 5.82 Å². The molecule has 3 rings (SSSR count). The topological polar surface area (TPSA) is 24.1 Å². The van der Waals surface area contributed by atoms with E-state index in [1.807, 2.05) is 41.1 Å². The molecule has 3 heteroatoms. The molecule has 2 nitrogen and oxygen atoms in total. The average molecular weight is 294 g/mol. The quantitative estimate of drug-likeness (QED) is 0.733. The molecule has 0 aliphatic rings. The van der Waals surface area contributed by atoms with Crippen LogP contribution in [0.2, 0.25) is 0 Å². The van der Waals surface area contributed by atoms with Gasteiger partial charge in [0.25, 0.3) is 0 Å². The Balaban J connectivity index is 2.02. The second kappa shape index (κ2) is 6.50. The smallest absolute Gasteiger partial charge is 0.215 e. The molecule has 0 amide bonds. The fourth-order valence-corrected chi connectivity index (χ4v) is 2.58. The number of hydrogen-bond acceptors (Lipinski definition) is 1. The van der Waals surface area contributed by atoms with E-state index in [0.717, 1.165) is 16.8 Å². The van der Waals surface area contributed by atoms with Crippen molar-refractivity contribution in [1.82, 2.24) is 0 Å². The zero-order chi connectivity index (χ0) is 15.4. The van der Waals surface area contributed by atoms with Crippen LogP contribution < -0.4 is 4.57 Å². The molecule has 1 N–H and O–H groups in total. The number of pyridine rings is 1. The van der Waals surface area contributed by atoms with Gasteiger partial charge in [-0.05, 0) is 23.8 Å². The van der Waals surface area contributed by atoms with Gasteiger partial charge in [0, 0.05) is 11.6 Å². The Kier molecular flexibility index (Phi) is 4.26. The maximum absolute atomic E-state index is 13.1. The summed E-state index contributed by atoms with van der Waals surface area (Å²) in [6, 6.07) is 20.3. The maximum atomic E-state index is 13.1. The molecule has 0 saturated heterocycles. The highest BCUT2D eigenvalue weighted by Crippen LogP contribution is 2.22. The summed E-state index contributed by atoms with van der Waals surface area (Å²) in [4.78, 5) is 0. The summed E-state index contributed by atoms with van der Waals surface area (Å²) < 4.78 is 15.1. The van der Waals surface area contributed by atoms with E-state index in [0.29, 0.717) is 6.54 Å². The minimum Gasteiger partial charge on any atom is -0.385 e. The highest BCUT2D eigenvalue weighted by atomic mass is 19.1. The summed E-state index contributed by atoms with van der Waals surface area (Å²) in [5.41, 5.74) is 3.80. The standard InChI is InChI=1S/C19H17FNO/c20-17-10-8-16(9-11-17)18-7-4-12-21(19(18)14-22)13-15-5-2-1-3-6-15/h1-12,22H,13-14H2/q+1. The molecular weight excluding hydrogens is 277 g/mol. The minimum absolute atomic E-state index is 0.0691. The van der Waals surface area contributed by atoms with Crippen LogP contribution in [0.1, 0.15) is 11.3 Å². The van der Waals surface area contributed by atoms with Gasteiger partial charge >= 0.3 is 0 Å². The van der Waals surface area contributed by atoms with Gasteiger partial charge < -0.3 is 5.11 Å². The number of aliphatic hydroxyl groups excluding tert-OH is 1. The molecule has 0 spiro atoms. The third-order valence-corrected chi connectivity index (χ3v) is 3.69. The first-order valence-corrected chi connectivity index (χ1v) is 7.20. The SMILES string of the molecule is OCc1c(-c2ccc(F)cc2)ccc[n+]1Cc1ccccc1. The maximum Gasteiger partial charge on any atom is 0.215 e. The molecule has 0 aliphatic carbocycles. The van der Waals surface area contributed by atoms with Crippen molar-refractivity contribution in [3.8, 4) is 11.1 Å². The Morgan fingerprint density at radius 2 is 1.59 bits per heavy atom. The van der Waals surface area contributed by atoms with Crippen LogP contribution in [-0.4, -0.2) is 5.11 Å². The van der Waals surface area contributed by atoms with E-state index in [9.17, 15) is 9.50 Å². The molecular formula is C19H17FNO+. The second-order valence-corrected chi connectivity index (χ2v) is 5.15. The van der Waals surface area contributed by atoms with Crippen LogP contribution in [0.25, 0.3) is 11.1 Å². The first kappa shape index (κ1) is 14.4. The fraction of sp³-hybridized carbons (Fsp3) is 0.105. The van der Waals surface area contributed by atoms with Crippen molar-refractivity contribution in [2.75, 3.05) is 0 Å². The van der Waals surface area contributed by atoms with Gasteiger partial charge in [0.15, 0.2) is 12.7 Å². The second-order valence-electron chi connectivity index (χ2n) is 5.15. The van der Waals surface area contributed by atoms with Crippen molar-refractivity contribution >= 4 is 0 Å². The molecule has 1 heterocycles. The van der Waals surface area contributed by atoms with Gasteiger partial charge in [0.1, 0.15) is 12.4 Å². The van der Waals surface area contributed by atoms with Crippen molar-refractivity contribution in [2.24, 2.45) is 0 Å². The van der Waals surface area contributed by atoms with E-state index in [4.69, 9.17) is 0 Å². The van der Waals surface area contributed by atoms with Gasteiger partial charge in [-0.15, -0.1) is 0 Å². The Morgan fingerprint density at radius 3 is 2.27 bits per heavy atom. The van der Waals surface area contributed by atoms with Crippen molar-refractivity contribution in [2.45, 2.75) is 13.2 Å². The van der Waals surface area contributed by atoms with E-state index in [1.54, 1.807) is 12.1 Å². The molecule has 110 valence electrons. The summed E-state index contributed by atoms with van der Waals surface area (Å²) >= 11 is 0. The predicted octanol–water partition coefficient (Wildman–Crippen LogP) is 3.32. The van der Waals surface area contributed by atoms with Gasteiger partial charge in [-0.25, -0.2) is 4.39 Å². The molecule has 1 aromatic heterocycles. The third kappa shape index (κ3) is 3.05. The molecule has 0 radical (unpaired) electrons. The van der Waals surface area contributed by atoms with Crippen molar-refractivity contribution < 1.29 is 14.1 Å². The fourth-order valence-electron chi connectivity index (χ4n) is 2.58. The normalized spacial score (nSPS) is 10.6. The largest absolute Gasteiger partial charge is 0.385 e. The summed E-state index contributed by atoms with van der Waals surface area (Å²) in [5.74, 6) is -0.262. The van der Waals surface area contributed by atoms with E-state index < -0.39 is 0 Å². The van der Waals surface area contributed by atoms with Crippen molar-refractivity contribution in [3.63, 3.8) is 0 Å². The lowest BCUT2D eigenvalue weighted by Crippen LogP contribution is -2.39. The van der Waals surface area contributed by atoms with Crippen LogP contribution in [-0.2, 0) is 13.2 Å². The number of aromatic nitrogens is 1. The molecule has 0 atom stereocenters. The van der Waals surface area contributed by atoms with Gasteiger partial charge in [0.2, 0.25) is 5.69 Å². The van der Waals surface area contributed by atoms with E-state index in [-0.39, 0.29) is 12.4 Å². The van der Waals surface area contributed by atoms with Crippen LogP contribution in [0.4, 0.5) is 4.39 Å². The van der Waals surface area contributed by atoms with Crippen LogP contribution >= 0.6 is 0 Å². The number of aliphatic hydroxyl groups is 1. The monoisotopic (exact) mass is 294 g/mol. The lowest BCUT2D eigenvalue weighted by atomic mass is 10.0. The highest BCUT2D eigenvalue weighted by molar-refractivity contribution is 5.64. The Labute approximate surface area is 129 Å². The Bertz CT molecular complexity index is 754. The summed E-state index contributed by atoms with van der Waals surface area (Å²) in [5, 5.41) is 9.80. The van der Waals surface area contributed by atoms with Crippen LogP contribution in [0.15, 0.2) is 72.9 Å². The first-order valence-electron chi connectivity index (χ1n) is 7.20. The summed E-state index contributed by atoms with van der Waals surface area (Å²) in [6.07, 6.45) is 1.95. The minimum atomic E-state index is -0.262. The Morgan fingerprint density at radius 1 is 0.864 bits per heavy atom. The number of benzene rings is 2. The molecule has 0 saturated carbocycles. The number of hydrogen-bond donors (Lipinski definition) is 1. The zero-order valence-electron chi connectivity index (χ0n) is 12.1. The lowest BCUT2D eigenvalue weighted by molar-refractivity contribution is -0.697. The molecule has 0 fully saturated rings. The summed E-state index contributed by atoms with van der Waals surface area (Å²) in [7, 11) is 0. The van der Waals surface area contributed by atoms with Gasteiger partial charge in [-0.2, -0.15) is 4.57 Å². The number of rotatable bonds is 4. The predicted molar refractivity (Wildman–Crippen MR) is 83.5 cm³/mol. The molecule has 0 unspecified atom stereocenters. The third-order valence-electron chi connectivity index (χ3n) is 3.69. The van der Waals surface area contributed by atoms with E-state index >= 15 is 0 Å². The lowest BCUT2D eigenvalue weighted by Gasteiger charge is -2.08. The molecule has 0 bridgehead atoms. The van der Waals surface area contributed by atoms with Crippen LogP contribution in [0.3, 0.4) is 0 Å². The van der Waals surface area contributed by atoms with Crippen molar-refractivity contribution in [3.05, 3.63) is 90.0 Å². The molecule has 22 heavy (non-hydrogen) atoms. The van der Waals surface area contributed by atoms with Gasteiger partial charge in [-0.3, -0.25) is 0 Å². The summed E-state index contributed by atoms with van der Waals surface area (Å²) in [6.45, 7) is 0.617. The number of halogens is 1. The first-order chi connectivity index (χ1) is 10.8. The van der Waals surface area contributed by atoms with E-state index in [2.05, 4.69) is 12.1 Å². The molecule has 3 aromatic rings.